The average molecular weight is 243 g/mol. The molecule has 1 aliphatic rings. The fourth-order valence-corrected chi connectivity index (χ4v) is 2.20. The van der Waals surface area contributed by atoms with Gasteiger partial charge in [-0.1, -0.05) is 6.92 Å². The van der Waals surface area contributed by atoms with Gasteiger partial charge in [-0.15, -0.1) is 0 Å². The van der Waals surface area contributed by atoms with Gasteiger partial charge >= 0.3 is 0 Å². The Kier molecular flexibility index (Phi) is 2.58. The van der Waals surface area contributed by atoms with Gasteiger partial charge in [-0.25, -0.2) is 9.97 Å². The van der Waals surface area contributed by atoms with Gasteiger partial charge in [-0.2, -0.15) is 0 Å². The zero-order chi connectivity index (χ0) is 12.7. The molecule has 4 heteroatoms. The molecular formula is C14H17N3O. The largest absolute Gasteiger partial charge is 0.457 e. The molecule has 1 aliphatic carbocycles. The molecule has 2 aromatic rings. The number of furan rings is 1. The number of anilines is 1. The number of aryl methyl sites for hydroxylation is 1. The van der Waals surface area contributed by atoms with Crippen LogP contribution in [0, 0.1) is 12.8 Å². The first-order chi connectivity index (χ1) is 8.67. The minimum Gasteiger partial charge on any atom is -0.457 e. The molecule has 2 unspecified atom stereocenters. The Labute approximate surface area is 106 Å². The van der Waals surface area contributed by atoms with Gasteiger partial charge in [0.15, 0.2) is 11.6 Å². The molecule has 94 valence electrons. The van der Waals surface area contributed by atoms with Crippen LogP contribution in [0.1, 0.15) is 30.7 Å². The van der Waals surface area contributed by atoms with Crippen LogP contribution in [0.15, 0.2) is 22.6 Å². The Morgan fingerprint density at radius 2 is 2.11 bits per heavy atom. The number of hydrogen-bond donors (Lipinski definition) is 1. The summed E-state index contributed by atoms with van der Waals surface area (Å²) in [5.74, 6) is 4.62. The molecular weight excluding hydrogens is 226 g/mol. The average Bonchev–Trinajstić information content (AvgIpc) is 2.91. The lowest BCUT2D eigenvalue weighted by Crippen LogP contribution is -1.97. The van der Waals surface area contributed by atoms with Crippen molar-refractivity contribution in [1.29, 1.82) is 0 Å². The van der Waals surface area contributed by atoms with E-state index in [1.165, 1.54) is 6.42 Å². The molecule has 1 saturated carbocycles. The minimum absolute atomic E-state index is 0.590. The fourth-order valence-electron chi connectivity index (χ4n) is 2.20. The maximum atomic E-state index is 5.87. The van der Waals surface area contributed by atoms with Gasteiger partial charge in [0, 0.05) is 24.7 Å². The van der Waals surface area contributed by atoms with Gasteiger partial charge in [0.05, 0.1) is 0 Å². The normalized spacial score (nSPS) is 21.9. The van der Waals surface area contributed by atoms with E-state index in [2.05, 4.69) is 22.2 Å². The summed E-state index contributed by atoms with van der Waals surface area (Å²) in [6.07, 6.45) is 1.23. The number of nitrogens with zero attached hydrogens (tertiary/aromatic N) is 2. The highest BCUT2D eigenvalue weighted by Crippen LogP contribution is 2.47. The zero-order valence-corrected chi connectivity index (χ0v) is 10.9. The number of rotatable bonds is 3. The molecule has 0 radical (unpaired) electrons. The summed E-state index contributed by atoms with van der Waals surface area (Å²) in [5, 5.41) is 3.03. The van der Waals surface area contributed by atoms with E-state index in [0.29, 0.717) is 11.7 Å². The van der Waals surface area contributed by atoms with Gasteiger partial charge < -0.3 is 9.73 Å². The molecule has 18 heavy (non-hydrogen) atoms. The molecule has 2 atom stereocenters. The van der Waals surface area contributed by atoms with Gasteiger partial charge in [-0.05, 0) is 31.4 Å². The van der Waals surface area contributed by atoms with Gasteiger partial charge in [-0.3, -0.25) is 0 Å². The molecule has 1 fully saturated rings. The van der Waals surface area contributed by atoms with E-state index >= 15 is 0 Å². The molecule has 2 aromatic heterocycles. The molecule has 1 N–H and O–H groups in total. The van der Waals surface area contributed by atoms with Crippen LogP contribution in [-0.2, 0) is 0 Å². The Morgan fingerprint density at radius 3 is 2.78 bits per heavy atom. The second-order valence-corrected chi connectivity index (χ2v) is 4.99. The van der Waals surface area contributed by atoms with E-state index in [4.69, 9.17) is 4.42 Å². The van der Waals surface area contributed by atoms with Crippen LogP contribution in [0.4, 0.5) is 5.82 Å². The molecule has 4 nitrogen and oxygen atoms in total. The van der Waals surface area contributed by atoms with Crippen LogP contribution < -0.4 is 5.32 Å². The quantitative estimate of drug-likeness (QED) is 0.899. The fraction of sp³-hybridized carbons (Fsp3) is 0.429. The summed E-state index contributed by atoms with van der Waals surface area (Å²) < 4.78 is 5.87. The van der Waals surface area contributed by atoms with Crippen LogP contribution in [-0.4, -0.2) is 17.0 Å². The van der Waals surface area contributed by atoms with E-state index in [1.54, 1.807) is 0 Å². The molecule has 2 heterocycles. The highest BCUT2D eigenvalue weighted by atomic mass is 16.3. The van der Waals surface area contributed by atoms with E-state index in [0.717, 1.165) is 29.0 Å². The molecule has 0 aliphatic heterocycles. The van der Waals surface area contributed by atoms with E-state index in [1.807, 2.05) is 32.2 Å². The van der Waals surface area contributed by atoms with Crippen LogP contribution in [0.25, 0.3) is 11.6 Å². The molecule has 3 rings (SSSR count). The Hall–Kier alpha value is -1.84. The number of hydrogen-bond acceptors (Lipinski definition) is 4. The smallest absolute Gasteiger partial charge is 0.197 e. The van der Waals surface area contributed by atoms with Crippen molar-refractivity contribution < 1.29 is 4.42 Å². The van der Waals surface area contributed by atoms with Crippen molar-refractivity contribution in [2.45, 2.75) is 26.2 Å². The lowest BCUT2D eigenvalue weighted by Gasteiger charge is -2.03. The van der Waals surface area contributed by atoms with Gasteiger partial charge in [0.2, 0.25) is 0 Å². The lowest BCUT2D eigenvalue weighted by atomic mass is 10.3. The third-order valence-electron chi connectivity index (χ3n) is 3.43. The molecule has 0 spiro atoms. The lowest BCUT2D eigenvalue weighted by molar-refractivity contribution is 0.515. The number of nitrogens with one attached hydrogen (secondary N) is 1. The van der Waals surface area contributed by atoms with Gasteiger partial charge in [0.25, 0.3) is 0 Å². The molecule has 0 amide bonds. The van der Waals surface area contributed by atoms with Crippen molar-refractivity contribution in [3.8, 4) is 11.6 Å². The van der Waals surface area contributed by atoms with Crippen molar-refractivity contribution in [2.75, 3.05) is 12.4 Å². The van der Waals surface area contributed by atoms with Crippen LogP contribution in [0.3, 0.4) is 0 Å². The monoisotopic (exact) mass is 243 g/mol. The minimum atomic E-state index is 0.590. The number of aromatic nitrogens is 2. The van der Waals surface area contributed by atoms with Crippen LogP contribution in [0.5, 0.6) is 0 Å². The third kappa shape index (κ3) is 1.98. The topological polar surface area (TPSA) is 51.0 Å². The highest BCUT2D eigenvalue weighted by Gasteiger charge is 2.36. The first-order valence-electron chi connectivity index (χ1n) is 6.31. The first kappa shape index (κ1) is 11.3. The van der Waals surface area contributed by atoms with Crippen LogP contribution >= 0.6 is 0 Å². The Balaban J connectivity index is 1.94. The zero-order valence-electron chi connectivity index (χ0n) is 10.9. The van der Waals surface area contributed by atoms with Crippen molar-refractivity contribution >= 4 is 5.82 Å². The highest BCUT2D eigenvalue weighted by molar-refractivity contribution is 5.52. The summed E-state index contributed by atoms with van der Waals surface area (Å²) >= 11 is 0. The molecule has 0 bridgehead atoms. The van der Waals surface area contributed by atoms with E-state index in [-0.39, 0.29) is 0 Å². The maximum Gasteiger partial charge on any atom is 0.197 e. The molecule has 0 aromatic carbocycles. The predicted octanol–water partition coefficient (Wildman–Crippen LogP) is 3.21. The summed E-state index contributed by atoms with van der Waals surface area (Å²) in [5.41, 5.74) is 0.932. The summed E-state index contributed by atoms with van der Waals surface area (Å²) in [7, 11) is 1.85. The predicted molar refractivity (Wildman–Crippen MR) is 70.5 cm³/mol. The summed E-state index contributed by atoms with van der Waals surface area (Å²) in [4.78, 5) is 8.84. The Bertz CT molecular complexity index is 576. The van der Waals surface area contributed by atoms with Gasteiger partial charge in [0.1, 0.15) is 11.6 Å². The first-order valence-corrected chi connectivity index (χ1v) is 6.31. The third-order valence-corrected chi connectivity index (χ3v) is 3.43. The van der Waals surface area contributed by atoms with Crippen molar-refractivity contribution in [2.24, 2.45) is 5.92 Å². The van der Waals surface area contributed by atoms with Crippen molar-refractivity contribution in [1.82, 2.24) is 9.97 Å². The standard InChI is InChI=1S/C14H17N3O/c1-8-6-10(8)11-4-5-12(18-11)14-16-9(2)7-13(15-3)17-14/h4-5,7-8,10H,6H2,1-3H3,(H,15,16,17). The van der Waals surface area contributed by atoms with Crippen molar-refractivity contribution in [3.63, 3.8) is 0 Å². The second kappa shape index (κ2) is 4.12. The van der Waals surface area contributed by atoms with Crippen LogP contribution in [0.2, 0.25) is 0 Å². The molecule has 0 saturated heterocycles. The van der Waals surface area contributed by atoms with Crippen molar-refractivity contribution in [3.05, 3.63) is 29.7 Å². The summed E-state index contributed by atoms with van der Waals surface area (Å²) in [6, 6.07) is 5.93. The Morgan fingerprint density at radius 1 is 1.33 bits per heavy atom. The maximum absolute atomic E-state index is 5.87. The van der Waals surface area contributed by atoms with E-state index in [9.17, 15) is 0 Å². The van der Waals surface area contributed by atoms with E-state index < -0.39 is 0 Å². The SMILES string of the molecule is CNc1cc(C)nc(-c2ccc(C3CC3C)o2)n1. The second-order valence-electron chi connectivity index (χ2n) is 4.99. The summed E-state index contributed by atoms with van der Waals surface area (Å²) in [6.45, 7) is 4.20.